The van der Waals surface area contributed by atoms with Gasteiger partial charge in [-0.1, -0.05) is 30.3 Å². The first kappa shape index (κ1) is 12.3. The van der Waals surface area contributed by atoms with Crippen LogP contribution in [0.25, 0.3) is 0 Å². The molecule has 5 heteroatoms. The molecule has 1 aromatic heterocycles. The Morgan fingerprint density at radius 2 is 2.00 bits per heavy atom. The van der Waals surface area contributed by atoms with Crippen molar-refractivity contribution in [3.8, 4) is 0 Å². The summed E-state index contributed by atoms with van der Waals surface area (Å²) in [6.45, 7) is 2.02. The Balaban J connectivity index is 1.93. The average Bonchev–Trinajstić information content (AvgIpc) is 2.87. The Labute approximate surface area is 105 Å². The highest BCUT2D eigenvalue weighted by atomic mass is 16.5. The maximum atomic E-state index is 11.3. The molecule has 0 amide bonds. The standard InChI is InChI=1S/C13H14N2O3/c1-2-17-13(16)12-15-14-11(18-12)9-8-10-6-4-3-5-7-10/h3-7H,2,8-9H2,1H3. The number of esters is 1. The number of aromatic nitrogens is 2. The summed E-state index contributed by atoms with van der Waals surface area (Å²) in [7, 11) is 0. The van der Waals surface area contributed by atoms with Crippen LogP contribution in [0.15, 0.2) is 34.7 Å². The van der Waals surface area contributed by atoms with Gasteiger partial charge in [0.2, 0.25) is 5.89 Å². The summed E-state index contributed by atoms with van der Waals surface area (Å²) in [5.41, 5.74) is 1.19. The van der Waals surface area contributed by atoms with E-state index in [-0.39, 0.29) is 5.89 Å². The molecule has 0 aliphatic heterocycles. The number of hydrogen-bond donors (Lipinski definition) is 0. The molecule has 0 saturated heterocycles. The molecule has 0 atom stereocenters. The second kappa shape index (κ2) is 5.95. The number of benzene rings is 1. The number of nitrogens with zero attached hydrogens (tertiary/aromatic N) is 2. The zero-order valence-corrected chi connectivity index (χ0v) is 10.1. The minimum atomic E-state index is -0.573. The summed E-state index contributed by atoms with van der Waals surface area (Å²) in [5, 5.41) is 7.47. The van der Waals surface area contributed by atoms with E-state index in [1.165, 1.54) is 5.56 Å². The molecule has 0 N–H and O–H groups in total. The van der Waals surface area contributed by atoms with Crippen LogP contribution in [0, 0.1) is 0 Å². The first-order chi connectivity index (χ1) is 8.79. The summed E-state index contributed by atoms with van der Waals surface area (Å²) in [6.07, 6.45) is 1.40. The molecule has 0 aliphatic rings. The van der Waals surface area contributed by atoms with Crippen LogP contribution in [0.4, 0.5) is 0 Å². The predicted octanol–water partition coefficient (Wildman–Crippen LogP) is 2.03. The monoisotopic (exact) mass is 246 g/mol. The molecule has 1 aromatic carbocycles. The summed E-state index contributed by atoms with van der Waals surface area (Å²) >= 11 is 0. The van der Waals surface area contributed by atoms with Gasteiger partial charge in [0.1, 0.15) is 0 Å². The highest BCUT2D eigenvalue weighted by Crippen LogP contribution is 2.07. The van der Waals surface area contributed by atoms with Crippen LogP contribution in [0.5, 0.6) is 0 Å². The van der Waals surface area contributed by atoms with Crippen molar-refractivity contribution in [1.82, 2.24) is 10.2 Å². The molecule has 0 radical (unpaired) electrons. The van der Waals surface area contributed by atoms with Crippen molar-refractivity contribution >= 4 is 5.97 Å². The Bertz CT molecular complexity index is 508. The van der Waals surface area contributed by atoms with Crippen molar-refractivity contribution in [3.63, 3.8) is 0 Å². The number of rotatable bonds is 5. The lowest BCUT2D eigenvalue weighted by Gasteiger charge is -1.97. The maximum Gasteiger partial charge on any atom is 0.396 e. The number of ether oxygens (including phenoxy) is 1. The van der Waals surface area contributed by atoms with Crippen LogP contribution in [-0.2, 0) is 17.6 Å². The molecule has 1 heterocycles. The van der Waals surface area contributed by atoms with E-state index in [4.69, 9.17) is 9.15 Å². The largest absolute Gasteiger partial charge is 0.459 e. The van der Waals surface area contributed by atoms with Gasteiger partial charge in [-0.3, -0.25) is 0 Å². The van der Waals surface area contributed by atoms with Gasteiger partial charge in [-0.2, -0.15) is 0 Å². The number of hydrogen-bond acceptors (Lipinski definition) is 5. The number of carbonyl (C=O) groups is 1. The van der Waals surface area contributed by atoms with Crippen molar-refractivity contribution in [2.45, 2.75) is 19.8 Å². The normalized spacial score (nSPS) is 10.3. The highest BCUT2D eigenvalue weighted by Gasteiger charge is 2.15. The Morgan fingerprint density at radius 3 is 2.72 bits per heavy atom. The first-order valence-corrected chi connectivity index (χ1v) is 5.83. The fourth-order valence-electron chi connectivity index (χ4n) is 1.53. The van der Waals surface area contributed by atoms with Crippen LogP contribution in [0.3, 0.4) is 0 Å². The minimum Gasteiger partial charge on any atom is -0.459 e. The molecule has 0 fully saturated rings. The van der Waals surface area contributed by atoms with E-state index in [1.54, 1.807) is 6.92 Å². The van der Waals surface area contributed by atoms with E-state index in [9.17, 15) is 4.79 Å². The second-order valence-electron chi connectivity index (χ2n) is 3.71. The fourth-order valence-corrected chi connectivity index (χ4v) is 1.53. The van der Waals surface area contributed by atoms with Gasteiger partial charge in [0, 0.05) is 6.42 Å². The molecule has 2 rings (SSSR count). The van der Waals surface area contributed by atoms with Crippen molar-refractivity contribution < 1.29 is 13.9 Å². The van der Waals surface area contributed by atoms with Gasteiger partial charge >= 0.3 is 11.9 Å². The summed E-state index contributed by atoms with van der Waals surface area (Å²) in [4.78, 5) is 11.3. The van der Waals surface area contributed by atoms with Crippen LogP contribution in [0.1, 0.15) is 29.1 Å². The average molecular weight is 246 g/mol. The van der Waals surface area contributed by atoms with Crippen LogP contribution >= 0.6 is 0 Å². The smallest absolute Gasteiger partial charge is 0.396 e. The summed E-state index contributed by atoms with van der Waals surface area (Å²) in [6, 6.07) is 9.99. The van der Waals surface area contributed by atoms with E-state index >= 15 is 0 Å². The zero-order chi connectivity index (χ0) is 12.8. The number of aryl methyl sites for hydroxylation is 2. The van der Waals surface area contributed by atoms with Gasteiger partial charge in [-0.05, 0) is 18.9 Å². The molecule has 0 bridgehead atoms. The second-order valence-corrected chi connectivity index (χ2v) is 3.71. The van der Waals surface area contributed by atoms with Crippen molar-refractivity contribution in [1.29, 1.82) is 0 Å². The molecule has 94 valence electrons. The zero-order valence-electron chi connectivity index (χ0n) is 10.1. The predicted molar refractivity (Wildman–Crippen MR) is 64.1 cm³/mol. The molecule has 0 aliphatic carbocycles. The topological polar surface area (TPSA) is 65.2 Å². The Kier molecular flexibility index (Phi) is 4.06. The Morgan fingerprint density at radius 1 is 1.22 bits per heavy atom. The maximum absolute atomic E-state index is 11.3. The molecule has 0 saturated carbocycles. The van der Waals surface area contributed by atoms with Gasteiger partial charge in [0.05, 0.1) is 6.61 Å². The highest BCUT2D eigenvalue weighted by molar-refractivity contribution is 5.83. The molecular formula is C13H14N2O3. The van der Waals surface area contributed by atoms with E-state index in [2.05, 4.69) is 10.2 Å². The van der Waals surface area contributed by atoms with Crippen LogP contribution < -0.4 is 0 Å². The van der Waals surface area contributed by atoms with Gasteiger partial charge in [0.15, 0.2) is 0 Å². The van der Waals surface area contributed by atoms with Gasteiger partial charge in [0.25, 0.3) is 0 Å². The van der Waals surface area contributed by atoms with E-state index < -0.39 is 5.97 Å². The summed E-state index contributed by atoms with van der Waals surface area (Å²) in [5.74, 6) is -0.210. The van der Waals surface area contributed by atoms with E-state index in [0.29, 0.717) is 18.9 Å². The quantitative estimate of drug-likeness (QED) is 0.755. The van der Waals surface area contributed by atoms with Crippen LogP contribution in [-0.4, -0.2) is 22.8 Å². The first-order valence-electron chi connectivity index (χ1n) is 5.83. The van der Waals surface area contributed by atoms with Crippen molar-refractivity contribution in [2.75, 3.05) is 6.61 Å². The minimum absolute atomic E-state index is 0.0834. The molecule has 2 aromatic rings. The molecule has 0 unspecified atom stereocenters. The van der Waals surface area contributed by atoms with E-state index in [0.717, 1.165) is 6.42 Å². The lowest BCUT2D eigenvalue weighted by Crippen LogP contribution is -2.04. The van der Waals surface area contributed by atoms with Gasteiger partial charge in [-0.25, -0.2) is 4.79 Å². The molecule has 0 spiro atoms. The van der Waals surface area contributed by atoms with Crippen molar-refractivity contribution in [2.24, 2.45) is 0 Å². The van der Waals surface area contributed by atoms with E-state index in [1.807, 2.05) is 30.3 Å². The fraction of sp³-hybridized carbons (Fsp3) is 0.308. The van der Waals surface area contributed by atoms with Gasteiger partial charge in [-0.15, -0.1) is 10.2 Å². The number of carbonyl (C=O) groups excluding carboxylic acids is 1. The van der Waals surface area contributed by atoms with Crippen LogP contribution in [0.2, 0.25) is 0 Å². The molecular weight excluding hydrogens is 232 g/mol. The summed E-state index contributed by atoms with van der Waals surface area (Å²) < 4.78 is 9.99. The third-order valence-electron chi connectivity index (χ3n) is 2.39. The third kappa shape index (κ3) is 3.16. The SMILES string of the molecule is CCOC(=O)c1nnc(CCc2ccccc2)o1. The Hall–Kier alpha value is -2.17. The van der Waals surface area contributed by atoms with Crippen molar-refractivity contribution in [3.05, 3.63) is 47.7 Å². The lowest BCUT2D eigenvalue weighted by molar-refractivity contribution is 0.0478. The lowest BCUT2D eigenvalue weighted by atomic mass is 10.1. The molecule has 18 heavy (non-hydrogen) atoms. The van der Waals surface area contributed by atoms with Gasteiger partial charge < -0.3 is 9.15 Å². The third-order valence-corrected chi connectivity index (χ3v) is 2.39. The molecule has 5 nitrogen and oxygen atoms in total.